The Morgan fingerprint density at radius 1 is 1.32 bits per heavy atom. The molecule has 4 heteroatoms. The molecular weight excluding hydrogens is 240 g/mol. The van der Waals surface area contributed by atoms with Crippen molar-refractivity contribution in [1.29, 1.82) is 0 Å². The number of aliphatic carboxylic acids is 1. The van der Waals surface area contributed by atoms with Crippen LogP contribution in [0.1, 0.15) is 58.8 Å². The molecule has 0 aromatic heterocycles. The van der Waals surface area contributed by atoms with Crippen molar-refractivity contribution in [3.8, 4) is 0 Å². The molecule has 19 heavy (non-hydrogen) atoms. The Kier molecular flexibility index (Phi) is 8.07. The summed E-state index contributed by atoms with van der Waals surface area (Å²) in [4.78, 5) is 13.7. The molecule has 1 atom stereocenters. The molecular formula is C15H30N2O2. The van der Waals surface area contributed by atoms with E-state index in [-0.39, 0.29) is 0 Å². The number of carboxylic acid groups (broad SMARTS) is 1. The molecule has 1 saturated carbocycles. The SMILES string of the molecule is CCCNC(CCN(CC)C1CCCCC1)C(=O)O. The van der Waals surface area contributed by atoms with E-state index in [1.54, 1.807) is 0 Å². The summed E-state index contributed by atoms with van der Waals surface area (Å²) < 4.78 is 0. The molecule has 0 aromatic carbocycles. The topological polar surface area (TPSA) is 52.6 Å². The standard InChI is InChI=1S/C15H30N2O2/c1-3-11-16-14(15(18)19)10-12-17(4-2)13-8-6-5-7-9-13/h13-14,16H,3-12H2,1-2H3,(H,18,19). The van der Waals surface area contributed by atoms with E-state index >= 15 is 0 Å². The number of hydrogen-bond acceptors (Lipinski definition) is 3. The summed E-state index contributed by atoms with van der Waals surface area (Å²) in [6.45, 7) is 6.96. The third-order valence-corrected chi connectivity index (χ3v) is 4.14. The lowest BCUT2D eigenvalue weighted by molar-refractivity contribution is -0.139. The minimum atomic E-state index is -0.715. The van der Waals surface area contributed by atoms with Crippen LogP contribution in [0.4, 0.5) is 0 Å². The zero-order valence-corrected chi connectivity index (χ0v) is 12.5. The average molecular weight is 270 g/mol. The van der Waals surface area contributed by atoms with Gasteiger partial charge < -0.3 is 15.3 Å². The lowest BCUT2D eigenvalue weighted by Crippen LogP contribution is -2.43. The smallest absolute Gasteiger partial charge is 0.320 e. The van der Waals surface area contributed by atoms with E-state index in [9.17, 15) is 9.90 Å². The van der Waals surface area contributed by atoms with Crippen LogP contribution in [0.25, 0.3) is 0 Å². The van der Waals surface area contributed by atoms with Gasteiger partial charge in [0.2, 0.25) is 0 Å². The maximum Gasteiger partial charge on any atom is 0.320 e. The van der Waals surface area contributed by atoms with Gasteiger partial charge in [0.1, 0.15) is 6.04 Å². The van der Waals surface area contributed by atoms with Crippen LogP contribution in [0.2, 0.25) is 0 Å². The molecule has 1 aliphatic rings. The molecule has 1 fully saturated rings. The first kappa shape index (κ1) is 16.4. The fraction of sp³-hybridized carbons (Fsp3) is 0.933. The third kappa shape index (κ3) is 5.91. The average Bonchev–Trinajstić information content (AvgIpc) is 2.43. The van der Waals surface area contributed by atoms with Crippen molar-refractivity contribution in [2.45, 2.75) is 70.9 Å². The zero-order chi connectivity index (χ0) is 14.1. The second-order valence-corrected chi connectivity index (χ2v) is 5.55. The van der Waals surface area contributed by atoms with E-state index in [1.807, 2.05) is 0 Å². The Hall–Kier alpha value is -0.610. The summed E-state index contributed by atoms with van der Waals surface area (Å²) in [5, 5.41) is 12.3. The second-order valence-electron chi connectivity index (χ2n) is 5.55. The predicted octanol–water partition coefficient (Wildman–Crippen LogP) is 2.48. The van der Waals surface area contributed by atoms with Crippen molar-refractivity contribution in [2.75, 3.05) is 19.6 Å². The molecule has 0 radical (unpaired) electrons. The maximum absolute atomic E-state index is 11.2. The quantitative estimate of drug-likeness (QED) is 0.676. The van der Waals surface area contributed by atoms with Crippen LogP contribution < -0.4 is 5.32 Å². The van der Waals surface area contributed by atoms with Crippen LogP contribution in [0.3, 0.4) is 0 Å². The van der Waals surface area contributed by atoms with E-state index in [4.69, 9.17) is 0 Å². The van der Waals surface area contributed by atoms with E-state index in [1.165, 1.54) is 32.1 Å². The molecule has 112 valence electrons. The van der Waals surface area contributed by atoms with Crippen LogP contribution in [-0.2, 0) is 4.79 Å². The monoisotopic (exact) mass is 270 g/mol. The van der Waals surface area contributed by atoms with Gasteiger partial charge in [0, 0.05) is 12.6 Å². The molecule has 1 unspecified atom stereocenters. The van der Waals surface area contributed by atoms with Crippen LogP contribution in [0, 0.1) is 0 Å². The Balaban J connectivity index is 2.38. The van der Waals surface area contributed by atoms with Gasteiger partial charge in [-0.15, -0.1) is 0 Å². The van der Waals surface area contributed by atoms with Gasteiger partial charge in [0.15, 0.2) is 0 Å². The van der Waals surface area contributed by atoms with Gasteiger partial charge >= 0.3 is 5.97 Å². The van der Waals surface area contributed by atoms with Crippen molar-refractivity contribution in [3.63, 3.8) is 0 Å². The van der Waals surface area contributed by atoms with Crippen LogP contribution in [0.5, 0.6) is 0 Å². The van der Waals surface area contributed by atoms with Gasteiger partial charge in [0.25, 0.3) is 0 Å². The Bertz CT molecular complexity index is 253. The fourth-order valence-electron chi connectivity index (χ4n) is 2.97. The first-order valence-corrected chi connectivity index (χ1v) is 7.89. The van der Waals surface area contributed by atoms with E-state index in [2.05, 4.69) is 24.1 Å². The minimum Gasteiger partial charge on any atom is -0.480 e. The minimum absolute atomic E-state index is 0.391. The highest BCUT2D eigenvalue weighted by molar-refractivity contribution is 5.73. The molecule has 1 aliphatic carbocycles. The van der Waals surface area contributed by atoms with Crippen molar-refractivity contribution < 1.29 is 9.90 Å². The molecule has 1 rings (SSSR count). The molecule has 4 nitrogen and oxygen atoms in total. The highest BCUT2D eigenvalue weighted by Gasteiger charge is 2.22. The summed E-state index contributed by atoms with van der Waals surface area (Å²) in [6, 6.07) is 0.289. The summed E-state index contributed by atoms with van der Waals surface area (Å²) in [5.74, 6) is -0.715. The molecule has 0 bridgehead atoms. The van der Waals surface area contributed by atoms with Gasteiger partial charge in [-0.2, -0.15) is 0 Å². The Labute approximate surface area is 117 Å². The number of nitrogens with one attached hydrogen (secondary N) is 1. The van der Waals surface area contributed by atoms with Crippen LogP contribution in [0.15, 0.2) is 0 Å². The molecule has 0 aliphatic heterocycles. The number of rotatable bonds is 9. The van der Waals surface area contributed by atoms with E-state index in [0.29, 0.717) is 12.5 Å². The van der Waals surface area contributed by atoms with Gasteiger partial charge in [0.05, 0.1) is 0 Å². The Morgan fingerprint density at radius 2 is 2.00 bits per heavy atom. The van der Waals surface area contributed by atoms with Crippen molar-refractivity contribution >= 4 is 5.97 Å². The van der Waals surface area contributed by atoms with Crippen molar-refractivity contribution in [1.82, 2.24) is 10.2 Å². The van der Waals surface area contributed by atoms with Crippen molar-refractivity contribution in [2.24, 2.45) is 0 Å². The summed E-state index contributed by atoms with van der Waals surface area (Å²) in [6.07, 6.45) is 8.28. The van der Waals surface area contributed by atoms with E-state index < -0.39 is 12.0 Å². The highest BCUT2D eigenvalue weighted by atomic mass is 16.4. The molecule has 2 N–H and O–H groups in total. The number of carboxylic acids is 1. The Morgan fingerprint density at radius 3 is 2.53 bits per heavy atom. The highest BCUT2D eigenvalue weighted by Crippen LogP contribution is 2.22. The van der Waals surface area contributed by atoms with Crippen molar-refractivity contribution in [3.05, 3.63) is 0 Å². The number of carbonyl (C=O) groups is 1. The molecule has 0 saturated heterocycles. The molecule has 0 amide bonds. The molecule has 0 heterocycles. The molecule has 0 aromatic rings. The first-order valence-electron chi connectivity index (χ1n) is 7.89. The second kappa shape index (κ2) is 9.32. The maximum atomic E-state index is 11.2. The van der Waals surface area contributed by atoms with Gasteiger partial charge in [-0.05, 0) is 38.8 Å². The van der Waals surface area contributed by atoms with Gasteiger partial charge in [-0.1, -0.05) is 33.1 Å². The number of nitrogens with zero attached hydrogens (tertiary/aromatic N) is 1. The van der Waals surface area contributed by atoms with Crippen LogP contribution >= 0.6 is 0 Å². The molecule has 0 spiro atoms. The third-order valence-electron chi connectivity index (χ3n) is 4.14. The largest absolute Gasteiger partial charge is 0.480 e. The lowest BCUT2D eigenvalue weighted by atomic mass is 9.94. The first-order chi connectivity index (χ1) is 9.19. The van der Waals surface area contributed by atoms with E-state index in [0.717, 1.165) is 26.1 Å². The zero-order valence-electron chi connectivity index (χ0n) is 12.5. The summed E-state index contributed by atoms with van der Waals surface area (Å²) in [5.41, 5.74) is 0. The summed E-state index contributed by atoms with van der Waals surface area (Å²) >= 11 is 0. The lowest BCUT2D eigenvalue weighted by Gasteiger charge is -2.34. The predicted molar refractivity (Wildman–Crippen MR) is 78.5 cm³/mol. The fourth-order valence-corrected chi connectivity index (χ4v) is 2.97. The summed E-state index contributed by atoms with van der Waals surface area (Å²) in [7, 11) is 0. The van der Waals surface area contributed by atoms with Gasteiger partial charge in [-0.3, -0.25) is 4.79 Å². The van der Waals surface area contributed by atoms with Crippen LogP contribution in [-0.4, -0.2) is 47.7 Å². The number of hydrogen-bond donors (Lipinski definition) is 2. The normalized spacial score (nSPS) is 18.7. The van der Waals surface area contributed by atoms with Gasteiger partial charge in [-0.25, -0.2) is 0 Å².